The van der Waals surface area contributed by atoms with Crippen LogP contribution in [0.2, 0.25) is 0 Å². The van der Waals surface area contributed by atoms with E-state index >= 15 is 0 Å². The summed E-state index contributed by atoms with van der Waals surface area (Å²) in [7, 11) is 0. The maximum Gasteiger partial charge on any atom is 0.330 e. The number of hydrogen-bond acceptors (Lipinski definition) is 2. The number of nitrogens with one attached hydrogen (secondary N) is 1. The van der Waals surface area contributed by atoms with Crippen LogP contribution in [0, 0.1) is 0 Å². The van der Waals surface area contributed by atoms with E-state index < -0.39 is 17.9 Å². The Morgan fingerprint density at radius 3 is 2.40 bits per heavy atom. The zero-order valence-corrected chi connectivity index (χ0v) is 8.01. The fraction of sp³-hybridized carbons (Fsp3) is 0.0909. The fourth-order valence-corrected chi connectivity index (χ4v) is 1.13. The van der Waals surface area contributed by atoms with Crippen molar-refractivity contribution in [3.05, 3.63) is 48.6 Å². The summed E-state index contributed by atoms with van der Waals surface area (Å²) >= 11 is 0. The Morgan fingerprint density at radius 1 is 1.33 bits per heavy atom. The van der Waals surface area contributed by atoms with Crippen LogP contribution < -0.4 is 5.32 Å². The molecule has 1 rings (SSSR count). The molecule has 0 fully saturated rings. The lowest BCUT2D eigenvalue weighted by Crippen LogP contribution is -2.32. The van der Waals surface area contributed by atoms with Gasteiger partial charge >= 0.3 is 5.97 Å². The van der Waals surface area contributed by atoms with E-state index in [9.17, 15) is 9.59 Å². The van der Waals surface area contributed by atoms with E-state index in [1.54, 1.807) is 30.3 Å². The number of carboxylic acid groups (broad SMARTS) is 1. The summed E-state index contributed by atoms with van der Waals surface area (Å²) in [6.07, 6.45) is 1.04. The Kier molecular flexibility index (Phi) is 3.62. The second-order valence-corrected chi connectivity index (χ2v) is 2.89. The number of carboxylic acids is 1. The predicted molar refractivity (Wildman–Crippen MR) is 55.2 cm³/mol. The van der Waals surface area contributed by atoms with Crippen molar-refractivity contribution in [1.82, 2.24) is 5.32 Å². The van der Waals surface area contributed by atoms with Crippen LogP contribution in [0.5, 0.6) is 0 Å². The van der Waals surface area contributed by atoms with Crippen molar-refractivity contribution < 1.29 is 14.7 Å². The molecular weight excluding hydrogens is 194 g/mol. The largest absolute Gasteiger partial charge is 0.479 e. The van der Waals surface area contributed by atoms with Crippen LogP contribution in [0.3, 0.4) is 0 Å². The van der Waals surface area contributed by atoms with Gasteiger partial charge in [0.15, 0.2) is 6.04 Å². The van der Waals surface area contributed by atoms with Crippen molar-refractivity contribution in [2.75, 3.05) is 0 Å². The number of amides is 1. The lowest BCUT2D eigenvalue weighted by molar-refractivity contribution is -0.141. The molecule has 0 aliphatic carbocycles. The van der Waals surface area contributed by atoms with Gasteiger partial charge in [-0.25, -0.2) is 4.79 Å². The summed E-state index contributed by atoms with van der Waals surface area (Å²) < 4.78 is 0. The van der Waals surface area contributed by atoms with Gasteiger partial charge in [-0.1, -0.05) is 36.9 Å². The standard InChI is InChI=1S/C11H11NO3/c1-2-9(13)12-10(11(14)15)8-6-4-3-5-7-8/h2-7,10H,1H2,(H,12,13)(H,14,15). The molecule has 2 N–H and O–H groups in total. The van der Waals surface area contributed by atoms with Gasteiger partial charge in [-0.05, 0) is 11.6 Å². The molecule has 0 aliphatic rings. The van der Waals surface area contributed by atoms with Crippen LogP contribution in [0.25, 0.3) is 0 Å². The monoisotopic (exact) mass is 205 g/mol. The van der Waals surface area contributed by atoms with Gasteiger partial charge in [-0.2, -0.15) is 0 Å². The van der Waals surface area contributed by atoms with Gasteiger partial charge < -0.3 is 10.4 Å². The smallest absolute Gasteiger partial charge is 0.330 e. The maximum absolute atomic E-state index is 11.0. The first-order chi connectivity index (χ1) is 7.15. The minimum atomic E-state index is -1.10. The minimum absolute atomic E-state index is 0.508. The van der Waals surface area contributed by atoms with Gasteiger partial charge in [0.25, 0.3) is 0 Å². The van der Waals surface area contributed by atoms with Crippen LogP contribution in [-0.4, -0.2) is 17.0 Å². The molecule has 1 atom stereocenters. The summed E-state index contributed by atoms with van der Waals surface area (Å²) in [4.78, 5) is 21.9. The third-order valence-corrected chi connectivity index (χ3v) is 1.85. The van der Waals surface area contributed by atoms with Gasteiger partial charge in [0.05, 0.1) is 0 Å². The molecule has 0 spiro atoms. The van der Waals surface area contributed by atoms with Crippen LogP contribution >= 0.6 is 0 Å². The third-order valence-electron chi connectivity index (χ3n) is 1.85. The summed E-state index contributed by atoms with van der Waals surface area (Å²) in [6.45, 7) is 3.26. The van der Waals surface area contributed by atoms with Gasteiger partial charge in [-0.3, -0.25) is 4.79 Å². The number of benzene rings is 1. The Bertz CT molecular complexity index is 373. The van der Waals surface area contributed by atoms with E-state index in [2.05, 4.69) is 11.9 Å². The normalized spacial score (nSPS) is 11.5. The van der Waals surface area contributed by atoms with E-state index in [-0.39, 0.29) is 0 Å². The Balaban J connectivity index is 2.89. The second kappa shape index (κ2) is 4.95. The number of carbonyl (C=O) groups excluding carboxylic acids is 1. The Morgan fingerprint density at radius 2 is 1.93 bits per heavy atom. The molecule has 0 radical (unpaired) electrons. The van der Waals surface area contributed by atoms with Gasteiger partial charge in [-0.15, -0.1) is 0 Å². The number of aliphatic carboxylic acids is 1. The van der Waals surface area contributed by atoms with Crippen molar-refractivity contribution in [3.63, 3.8) is 0 Å². The van der Waals surface area contributed by atoms with Crippen molar-refractivity contribution in [3.8, 4) is 0 Å². The maximum atomic E-state index is 11.0. The van der Waals surface area contributed by atoms with Crippen LogP contribution in [-0.2, 0) is 9.59 Å². The lowest BCUT2D eigenvalue weighted by atomic mass is 10.1. The SMILES string of the molecule is C=CC(=O)NC(C(=O)O)c1ccccc1. The summed E-state index contributed by atoms with van der Waals surface area (Å²) in [6, 6.07) is 7.45. The van der Waals surface area contributed by atoms with E-state index in [1.807, 2.05) is 0 Å². The number of carbonyl (C=O) groups is 2. The highest BCUT2D eigenvalue weighted by molar-refractivity contribution is 5.91. The lowest BCUT2D eigenvalue weighted by Gasteiger charge is -2.13. The fourth-order valence-electron chi connectivity index (χ4n) is 1.13. The summed E-state index contributed by atoms with van der Waals surface area (Å²) in [5, 5.41) is 11.2. The van der Waals surface area contributed by atoms with E-state index in [1.165, 1.54) is 0 Å². The zero-order valence-electron chi connectivity index (χ0n) is 8.01. The van der Waals surface area contributed by atoms with Crippen molar-refractivity contribution >= 4 is 11.9 Å². The van der Waals surface area contributed by atoms with Gasteiger partial charge in [0.2, 0.25) is 5.91 Å². The number of rotatable bonds is 4. The van der Waals surface area contributed by atoms with E-state index in [0.29, 0.717) is 5.56 Å². The van der Waals surface area contributed by atoms with E-state index in [4.69, 9.17) is 5.11 Å². The summed E-state index contributed by atoms with van der Waals surface area (Å²) in [5.74, 6) is -1.61. The molecule has 0 bridgehead atoms. The minimum Gasteiger partial charge on any atom is -0.479 e. The molecule has 78 valence electrons. The molecular formula is C11H11NO3. The highest BCUT2D eigenvalue weighted by Gasteiger charge is 2.20. The van der Waals surface area contributed by atoms with E-state index in [0.717, 1.165) is 6.08 Å². The number of hydrogen-bond donors (Lipinski definition) is 2. The zero-order chi connectivity index (χ0) is 11.3. The average Bonchev–Trinajstić information content (AvgIpc) is 2.26. The van der Waals surface area contributed by atoms with Gasteiger partial charge in [0.1, 0.15) is 0 Å². The first-order valence-electron chi connectivity index (χ1n) is 4.36. The van der Waals surface area contributed by atoms with Crippen molar-refractivity contribution in [2.45, 2.75) is 6.04 Å². The first-order valence-corrected chi connectivity index (χ1v) is 4.36. The van der Waals surface area contributed by atoms with Crippen LogP contribution in [0.15, 0.2) is 43.0 Å². The molecule has 0 saturated carbocycles. The molecule has 4 heteroatoms. The van der Waals surface area contributed by atoms with Crippen LogP contribution in [0.4, 0.5) is 0 Å². The summed E-state index contributed by atoms with van der Waals surface area (Å²) in [5.41, 5.74) is 0.528. The first kappa shape index (κ1) is 11.0. The molecule has 1 unspecified atom stereocenters. The van der Waals surface area contributed by atoms with Crippen LogP contribution in [0.1, 0.15) is 11.6 Å². The van der Waals surface area contributed by atoms with Gasteiger partial charge in [0, 0.05) is 0 Å². The molecule has 0 aromatic heterocycles. The highest BCUT2D eigenvalue weighted by Crippen LogP contribution is 2.12. The highest BCUT2D eigenvalue weighted by atomic mass is 16.4. The molecule has 0 heterocycles. The second-order valence-electron chi connectivity index (χ2n) is 2.89. The predicted octanol–water partition coefficient (Wildman–Crippen LogP) is 1.11. The molecule has 1 amide bonds. The quantitative estimate of drug-likeness (QED) is 0.724. The molecule has 0 saturated heterocycles. The third kappa shape index (κ3) is 2.95. The van der Waals surface area contributed by atoms with Crippen molar-refractivity contribution in [1.29, 1.82) is 0 Å². The Labute approximate surface area is 87.2 Å². The molecule has 1 aromatic rings. The molecule has 0 aliphatic heterocycles. The van der Waals surface area contributed by atoms with Crippen molar-refractivity contribution in [2.24, 2.45) is 0 Å². The molecule has 15 heavy (non-hydrogen) atoms. The molecule has 4 nitrogen and oxygen atoms in total. The average molecular weight is 205 g/mol. The topological polar surface area (TPSA) is 66.4 Å². The Hall–Kier alpha value is -2.10. The molecule has 1 aromatic carbocycles.